The SMILES string of the molecule is CCCCC1CCCC1P(P)PP. The average molecular weight is 254 g/mol. The minimum atomic E-state index is 0.272. The summed E-state index contributed by atoms with van der Waals surface area (Å²) in [5.41, 5.74) is 1.09. The Labute approximate surface area is 90.4 Å². The Morgan fingerprint density at radius 3 is 2.85 bits per heavy atom. The van der Waals surface area contributed by atoms with Gasteiger partial charge in [-0.25, -0.2) is 0 Å². The summed E-state index contributed by atoms with van der Waals surface area (Å²) in [5, 5.41) is 0. The first-order valence-electron chi connectivity index (χ1n) is 5.29. The van der Waals surface area contributed by atoms with Crippen LogP contribution in [0.1, 0.15) is 45.4 Å². The second kappa shape index (κ2) is 7.07. The van der Waals surface area contributed by atoms with Gasteiger partial charge in [0, 0.05) is 0 Å². The zero-order valence-electron chi connectivity index (χ0n) is 8.50. The molecule has 6 unspecified atom stereocenters. The van der Waals surface area contributed by atoms with Gasteiger partial charge >= 0.3 is 0 Å². The Balaban J connectivity index is 2.34. The molecular weight excluding hydrogens is 232 g/mol. The molecule has 78 valence electrons. The Kier molecular flexibility index (Phi) is 6.95. The van der Waals surface area contributed by atoms with Crippen molar-refractivity contribution in [3.05, 3.63) is 0 Å². The molecule has 1 aliphatic rings. The summed E-state index contributed by atoms with van der Waals surface area (Å²) < 4.78 is 0. The highest BCUT2D eigenvalue weighted by Gasteiger charge is 2.29. The highest BCUT2D eigenvalue weighted by atomic mass is 32.6. The molecule has 1 saturated carbocycles. The fourth-order valence-electron chi connectivity index (χ4n) is 2.28. The van der Waals surface area contributed by atoms with Gasteiger partial charge < -0.3 is 0 Å². The fourth-order valence-corrected chi connectivity index (χ4v) is 8.18. The van der Waals surface area contributed by atoms with E-state index in [1.54, 1.807) is 0 Å². The van der Waals surface area contributed by atoms with Crippen LogP contribution < -0.4 is 0 Å². The molecule has 1 aliphatic carbocycles. The molecular formula is C9H22P4. The van der Waals surface area contributed by atoms with Gasteiger partial charge in [-0.15, -0.1) is 17.9 Å². The number of hydrogen-bond donors (Lipinski definition) is 0. The van der Waals surface area contributed by atoms with Crippen LogP contribution in [-0.4, -0.2) is 5.66 Å². The quantitative estimate of drug-likeness (QED) is 0.605. The predicted octanol–water partition coefficient (Wildman–Crippen LogP) is 5.00. The molecule has 0 N–H and O–H groups in total. The summed E-state index contributed by atoms with van der Waals surface area (Å²) in [6.07, 6.45) is 8.87. The summed E-state index contributed by atoms with van der Waals surface area (Å²) in [4.78, 5) is 0. The van der Waals surface area contributed by atoms with E-state index in [-0.39, 0.29) is 7.30 Å². The van der Waals surface area contributed by atoms with E-state index in [1.807, 2.05) is 0 Å². The van der Waals surface area contributed by atoms with Crippen molar-refractivity contribution >= 4 is 33.1 Å². The molecule has 0 nitrogen and oxygen atoms in total. The van der Waals surface area contributed by atoms with E-state index in [0.29, 0.717) is 0 Å². The number of rotatable bonds is 5. The molecule has 0 aromatic rings. The monoisotopic (exact) mass is 254 g/mol. The minimum absolute atomic E-state index is 0.272. The smallest absolute Gasteiger partial charge is 0.0108 e. The Hall–Kier alpha value is 1.72. The van der Waals surface area contributed by atoms with Crippen LogP contribution in [0.3, 0.4) is 0 Å². The zero-order valence-corrected chi connectivity index (χ0v) is 12.7. The molecule has 4 heteroatoms. The van der Waals surface area contributed by atoms with E-state index in [4.69, 9.17) is 0 Å². The molecule has 0 amide bonds. The van der Waals surface area contributed by atoms with Crippen LogP contribution in [0.2, 0.25) is 0 Å². The van der Waals surface area contributed by atoms with E-state index in [9.17, 15) is 0 Å². The first kappa shape index (κ1) is 12.8. The van der Waals surface area contributed by atoms with Gasteiger partial charge in [-0.05, 0) is 30.8 Å². The highest BCUT2D eigenvalue weighted by Crippen LogP contribution is 2.72. The van der Waals surface area contributed by atoms with Gasteiger partial charge in [-0.1, -0.05) is 41.4 Å². The molecule has 0 saturated heterocycles. The van der Waals surface area contributed by atoms with Crippen molar-refractivity contribution in [3.8, 4) is 0 Å². The van der Waals surface area contributed by atoms with Gasteiger partial charge in [0.15, 0.2) is 0 Å². The number of hydrogen-bond acceptors (Lipinski definition) is 0. The lowest BCUT2D eigenvalue weighted by atomic mass is 10.0. The van der Waals surface area contributed by atoms with Crippen LogP contribution in [-0.2, 0) is 0 Å². The minimum Gasteiger partial charge on any atom is -0.110 e. The van der Waals surface area contributed by atoms with Crippen molar-refractivity contribution in [2.45, 2.75) is 51.1 Å². The largest absolute Gasteiger partial charge is 0.110 e. The van der Waals surface area contributed by atoms with Crippen molar-refractivity contribution in [2.24, 2.45) is 5.92 Å². The Morgan fingerprint density at radius 1 is 1.46 bits per heavy atom. The zero-order chi connectivity index (χ0) is 9.68. The lowest BCUT2D eigenvalue weighted by Gasteiger charge is -2.24. The van der Waals surface area contributed by atoms with Gasteiger partial charge in [-0.2, -0.15) is 0 Å². The second-order valence-electron chi connectivity index (χ2n) is 3.94. The van der Waals surface area contributed by atoms with Gasteiger partial charge in [0.25, 0.3) is 0 Å². The van der Waals surface area contributed by atoms with E-state index in [2.05, 4.69) is 24.8 Å². The van der Waals surface area contributed by atoms with Crippen LogP contribution >= 0.6 is 33.1 Å². The molecule has 0 aliphatic heterocycles. The van der Waals surface area contributed by atoms with Crippen LogP contribution in [0.25, 0.3) is 0 Å². The first-order chi connectivity index (χ1) is 6.29. The first-order valence-corrected chi connectivity index (χ1v) is 12.0. The van der Waals surface area contributed by atoms with E-state index in [0.717, 1.165) is 19.5 Å². The second-order valence-corrected chi connectivity index (χ2v) is 13.5. The van der Waals surface area contributed by atoms with Crippen molar-refractivity contribution in [1.29, 1.82) is 0 Å². The Morgan fingerprint density at radius 2 is 2.23 bits per heavy atom. The third kappa shape index (κ3) is 3.99. The normalized spacial score (nSPS) is 31.6. The fraction of sp³-hybridized carbons (Fsp3) is 1.00. The average Bonchev–Trinajstić information content (AvgIpc) is 2.61. The molecule has 1 fully saturated rings. The molecule has 0 aromatic heterocycles. The van der Waals surface area contributed by atoms with Gasteiger partial charge in [-0.3, -0.25) is 0 Å². The van der Waals surface area contributed by atoms with Gasteiger partial charge in [0.1, 0.15) is 0 Å². The van der Waals surface area contributed by atoms with E-state index in [1.165, 1.54) is 38.5 Å². The predicted molar refractivity (Wildman–Crippen MR) is 75.3 cm³/mol. The van der Waals surface area contributed by atoms with Crippen molar-refractivity contribution < 1.29 is 0 Å². The molecule has 6 atom stereocenters. The maximum atomic E-state index is 3.12. The van der Waals surface area contributed by atoms with Gasteiger partial charge in [0.2, 0.25) is 0 Å². The topological polar surface area (TPSA) is 0 Å². The summed E-state index contributed by atoms with van der Waals surface area (Å²) in [5.74, 6) is 1.08. The summed E-state index contributed by atoms with van der Waals surface area (Å²) in [7, 11) is 7.45. The standard InChI is InChI=1S/C9H22P4/c1-2-3-5-8-6-4-7-9(8)13(11)12-10/h8-9,12H,2-7,10-11H2,1H3. The molecule has 0 heterocycles. The van der Waals surface area contributed by atoms with Crippen LogP contribution in [0, 0.1) is 5.92 Å². The lowest BCUT2D eigenvalue weighted by Crippen LogP contribution is -2.08. The summed E-state index contributed by atoms with van der Waals surface area (Å²) in [6, 6.07) is 0. The molecule has 1 rings (SSSR count). The molecule has 0 radical (unpaired) electrons. The maximum Gasteiger partial charge on any atom is -0.0108 e. The number of unbranched alkanes of at least 4 members (excludes halogenated alkanes) is 1. The summed E-state index contributed by atoms with van der Waals surface area (Å²) in [6.45, 7) is 2.31. The van der Waals surface area contributed by atoms with E-state index >= 15 is 0 Å². The van der Waals surface area contributed by atoms with Crippen molar-refractivity contribution in [1.82, 2.24) is 0 Å². The molecule has 0 spiro atoms. The molecule has 0 bridgehead atoms. The van der Waals surface area contributed by atoms with E-state index < -0.39 is 0 Å². The third-order valence-electron chi connectivity index (χ3n) is 3.05. The third-order valence-corrected chi connectivity index (χ3v) is 14.5. The van der Waals surface area contributed by atoms with Crippen molar-refractivity contribution in [2.75, 3.05) is 0 Å². The summed E-state index contributed by atoms with van der Waals surface area (Å²) >= 11 is 0. The lowest BCUT2D eigenvalue weighted by molar-refractivity contribution is 0.488. The molecule has 0 aromatic carbocycles. The van der Waals surface area contributed by atoms with Crippen LogP contribution in [0.5, 0.6) is 0 Å². The maximum absolute atomic E-state index is 3.12. The van der Waals surface area contributed by atoms with Crippen LogP contribution in [0.15, 0.2) is 0 Å². The molecule has 13 heavy (non-hydrogen) atoms. The van der Waals surface area contributed by atoms with Crippen molar-refractivity contribution in [3.63, 3.8) is 0 Å². The van der Waals surface area contributed by atoms with Gasteiger partial charge in [0.05, 0.1) is 0 Å². The van der Waals surface area contributed by atoms with Crippen LogP contribution in [0.4, 0.5) is 0 Å². The Bertz CT molecular complexity index is 140. The highest BCUT2D eigenvalue weighted by molar-refractivity contribution is 8.61.